The number of hydrazine groups is 1. The molecule has 1 aliphatic rings. The van der Waals surface area contributed by atoms with Crippen LogP contribution in [0.3, 0.4) is 0 Å². The molecular weight excluding hydrogens is 188 g/mol. The van der Waals surface area contributed by atoms with Gasteiger partial charge in [0.25, 0.3) is 0 Å². The Balaban J connectivity index is 2.15. The first kappa shape index (κ1) is 10.5. The monoisotopic (exact) mass is 206 g/mol. The van der Waals surface area contributed by atoms with E-state index in [2.05, 4.69) is 11.5 Å². The highest BCUT2D eigenvalue weighted by atomic mass is 16.3. The number of hydrogen-bond donors (Lipinski definition) is 2. The molecule has 1 heterocycles. The maximum absolute atomic E-state index is 5.60. The fourth-order valence-corrected chi connectivity index (χ4v) is 2.13. The molecule has 1 unspecified atom stereocenters. The van der Waals surface area contributed by atoms with Crippen LogP contribution in [0.15, 0.2) is 34.5 Å². The number of rotatable bonds is 3. The average Bonchev–Trinajstić information content (AvgIpc) is 2.63. The molecule has 0 saturated heterocycles. The summed E-state index contributed by atoms with van der Waals surface area (Å²) in [5.41, 5.74) is 4.21. The van der Waals surface area contributed by atoms with Gasteiger partial charge in [0.15, 0.2) is 0 Å². The van der Waals surface area contributed by atoms with E-state index in [1.165, 1.54) is 24.8 Å². The number of hydrogen-bond acceptors (Lipinski definition) is 3. The van der Waals surface area contributed by atoms with Gasteiger partial charge in [-0.3, -0.25) is 5.84 Å². The van der Waals surface area contributed by atoms with Crippen molar-refractivity contribution in [3.8, 4) is 0 Å². The maximum Gasteiger partial charge on any atom is 0.126 e. The predicted octanol–water partition coefficient (Wildman–Crippen LogP) is 2.67. The molecule has 0 spiro atoms. The van der Waals surface area contributed by atoms with Crippen molar-refractivity contribution in [3.63, 3.8) is 0 Å². The van der Waals surface area contributed by atoms with Gasteiger partial charge in [-0.1, -0.05) is 12.5 Å². The molecule has 0 saturated carbocycles. The van der Waals surface area contributed by atoms with Gasteiger partial charge in [0, 0.05) is 0 Å². The normalized spacial score (nSPS) is 19.4. The third-order valence-electron chi connectivity index (χ3n) is 2.94. The van der Waals surface area contributed by atoms with Crippen LogP contribution in [-0.4, -0.2) is 0 Å². The van der Waals surface area contributed by atoms with Crippen LogP contribution in [0.1, 0.15) is 43.9 Å². The minimum atomic E-state index is 0.0538. The molecule has 0 fully saturated rings. The Kier molecular flexibility index (Phi) is 3.59. The van der Waals surface area contributed by atoms with Crippen molar-refractivity contribution in [2.75, 3.05) is 0 Å². The van der Waals surface area contributed by atoms with Crippen LogP contribution in [0.4, 0.5) is 0 Å². The molecule has 2 rings (SSSR count). The minimum Gasteiger partial charge on any atom is -0.467 e. The molecule has 15 heavy (non-hydrogen) atoms. The summed E-state index contributed by atoms with van der Waals surface area (Å²) in [5.74, 6) is 6.50. The van der Waals surface area contributed by atoms with Crippen molar-refractivity contribution in [2.45, 2.75) is 38.1 Å². The highest BCUT2D eigenvalue weighted by molar-refractivity contribution is 5.21. The molecule has 82 valence electrons. The fourth-order valence-electron chi connectivity index (χ4n) is 2.13. The molecule has 0 amide bonds. The third kappa shape index (κ3) is 2.49. The van der Waals surface area contributed by atoms with Crippen LogP contribution in [0, 0.1) is 0 Å². The highest BCUT2D eigenvalue weighted by Gasteiger charge is 2.18. The lowest BCUT2D eigenvalue weighted by atomic mass is 10.0. The Morgan fingerprint density at radius 3 is 3.00 bits per heavy atom. The van der Waals surface area contributed by atoms with E-state index in [0.29, 0.717) is 0 Å². The Labute approximate surface area is 90.3 Å². The van der Waals surface area contributed by atoms with E-state index in [4.69, 9.17) is 10.3 Å². The average molecular weight is 206 g/mol. The summed E-state index contributed by atoms with van der Waals surface area (Å²) in [5, 5.41) is 0. The zero-order valence-electron chi connectivity index (χ0n) is 8.91. The second-order valence-corrected chi connectivity index (χ2v) is 3.99. The molecule has 0 radical (unpaired) electrons. The van der Waals surface area contributed by atoms with Crippen molar-refractivity contribution >= 4 is 0 Å². The topological polar surface area (TPSA) is 51.2 Å². The molecule has 1 aliphatic carbocycles. The predicted molar refractivity (Wildman–Crippen MR) is 59.9 cm³/mol. The largest absolute Gasteiger partial charge is 0.467 e. The fraction of sp³-hybridized carbons (Fsp3) is 0.500. The second-order valence-electron chi connectivity index (χ2n) is 3.99. The summed E-state index contributed by atoms with van der Waals surface area (Å²) in [6.45, 7) is 0. The molecule has 0 bridgehead atoms. The van der Waals surface area contributed by atoms with Crippen molar-refractivity contribution in [1.82, 2.24) is 5.43 Å². The zero-order chi connectivity index (χ0) is 10.5. The lowest BCUT2D eigenvalue weighted by molar-refractivity contribution is 0.441. The first-order valence-electron chi connectivity index (χ1n) is 5.60. The first-order chi connectivity index (χ1) is 7.42. The van der Waals surface area contributed by atoms with E-state index >= 15 is 0 Å². The Morgan fingerprint density at radius 2 is 2.27 bits per heavy atom. The van der Waals surface area contributed by atoms with E-state index in [0.717, 1.165) is 18.6 Å². The van der Waals surface area contributed by atoms with Crippen molar-refractivity contribution in [1.29, 1.82) is 0 Å². The van der Waals surface area contributed by atoms with Gasteiger partial charge in [-0.15, -0.1) is 0 Å². The third-order valence-corrected chi connectivity index (χ3v) is 2.94. The van der Waals surface area contributed by atoms with Crippen LogP contribution in [0.5, 0.6) is 0 Å². The van der Waals surface area contributed by atoms with Crippen molar-refractivity contribution in [3.05, 3.63) is 35.8 Å². The van der Waals surface area contributed by atoms with Crippen molar-refractivity contribution < 1.29 is 4.42 Å². The van der Waals surface area contributed by atoms with Crippen LogP contribution >= 0.6 is 0 Å². The number of allylic oxidation sites excluding steroid dienone is 1. The van der Waals surface area contributed by atoms with E-state index in [1.807, 2.05) is 12.1 Å². The Bertz CT molecular complexity index is 316. The molecule has 1 atom stereocenters. The summed E-state index contributed by atoms with van der Waals surface area (Å²) in [4.78, 5) is 0. The summed E-state index contributed by atoms with van der Waals surface area (Å²) >= 11 is 0. The molecule has 0 aliphatic heterocycles. The van der Waals surface area contributed by atoms with Crippen LogP contribution in [0.2, 0.25) is 0 Å². The zero-order valence-corrected chi connectivity index (χ0v) is 8.91. The van der Waals surface area contributed by atoms with Gasteiger partial charge in [-0.05, 0) is 43.4 Å². The summed E-state index contributed by atoms with van der Waals surface area (Å²) in [7, 11) is 0. The van der Waals surface area contributed by atoms with Gasteiger partial charge in [-0.25, -0.2) is 5.43 Å². The Morgan fingerprint density at radius 1 is 1.33 bits per heavy atom. The molecule has 0 aromatic carbocycles. The number of furan rings is 1. The van der Waals surface area contributed by atoms with Gasteiger partial charge in [0.1, 0.15) is 5.76 Å². The van der Waals surface area contributed by atoms with Gasteiger partial charge in [0.2, 0.25) is 0 Å². The smallest absolute Gasteiger partial charge is 0.126 e. The van der Waals surface area contributed by atoms with E-state index in [1.54, 1.807) is 6.26 Å². The van der Waals surface area contributed by atoms with E-state index < -0.39 is 0 Å². The minimum absolute atomic E-state index is 0.0538. The van der Waals surface area contributed by atoms with E-state index in [9.17, 15) is 0 Å². The molecule has 3 nitrogen and oxygen atoms in total. The maximum atomic E-state index is 5.60. The van der Waals surface area contributed by atoms with Crippen molar-refractivity contribution in [2.24, 2.45) is 5.84 Å². The lowest BCUT2D eigenvalue weighted by Crippen LogP contribution is -2.29. The molecule has 1 aromatic heterocycles. The van der Waals surface area contributed by atoms with Gasteiger partial charge in [-0.2, -0.15) is 0 Å². The number of nitrogens with two attached hydrogens (primary N) is 1. The summed E-state index contributed by atoms with van der Waals surface area (Å²) < 4.78 is 5.40. The quantitative estimate of drug-likeness (QED) is 0.454. The van der Waals surface area contributed by atoms with Crippen LogP contribution < -0.4 is 11.3 Å². The summed E-state index contributed by atoms with van der Waals surface area (Å²) in [6, 6.07) is 3.92. The molecule has 3 heteroatoms. The highest BCUT2D eigenvalue weighted by Crippen LogP contribution is 2.28. The molecule has 1 aromatic rings. The van der Waals surface area contributed by atoms with Gasteiger partial charge in [0.05, 0.1) is 12.3 Å². The van der Waals surface area contributed by atoms with Gasteiger partial charge < -0.3 is 4.42 Å². The molecular formula is C12H18N2O. The Hall–Kier alpha value is -1.06. The SMILES string of the molecule is NNC(C1=CCCCCC1)c1ccco1. The molecule has 3 N–H and O–H groups in total. The second kappa shape index (κ2) is 5.14. The lowest BCUT2D eigenvalue weighted by Gasteiger charge is -2.16. The van der Waals surface area contributed by atoms with Gasteiger partial charge >= 0.3 is 0 Å². The van der Waals surface area contributed by atoms with Crippen LogP contribution in [0.25, 0.3) is 0 Å². The van der Waals surface area contributed by atoms with E-state index in [-0.39, 0.29) is 6.04 Å². The standard InChI is InChI=1S/C12H18N2O/c13-14-12(11-8-5-9-15-11)10-6-3-1-2-4-7-10/h5-6,8-9,12,14H,1-4,7,13H2. The summed E-state index contributed by atoms with van der Waals surface area (Å²) in [6.07, 6.45) is 10.1. The van der Waals surface area contributed by atoms with Crippen LogP contribution in [-0.2, 0) is 0 Å². The first-order valence-corrected chi connectivity index (χ1v) is 5.60. The number of nitrogens with one attached hydrogen (secondary N) is 1.